The van der Waals surface area contributed by atoms with Crippen LogP contribution in [0, 0.1) is 6.92 Å². The Morgan fingerprint density at radius 3 is 2.39 bits per heavy atom. The lowest BCUT2D eigenvalue weighted by Crippen LogP contribution is -2.25. The number of hydrogen-bond donors (Lipinski definition) is 2. The molecule has 1 amide bonds. The van der Waals surface area contributed by atoms with Crippen molar-refractivity contribution in [2.45, 2.75) is 19.8 Å². The van der Waals surface area contributed by atoms with Crippen molar-refractivity contribution in [2.24, 2.45) is 0 Å². The van der Waals surface area contributed by atoms with Gasteiger partial charge in [0.15, 0.2) is 11.5 Å². The number of carbonyl (C=O) groups excluding carboxylic acids is 1. The predicted molar refractivity (Wildman–Crippen MR) is 110 cm³/mol. The number of nitrogens with one attached hydrogen (secondary N) is 2. The second kappa shape index (κ2) is 9.45. The number of carbonyl (C=O) groups is 1. The molecule has 0 aliphatic rings. The van der Waals surface area contributed by atoms with Crippen molar-refractivity contribution in [3.05, 3.63) is 53.1 Å². The normalized spacial score (nSPS) is 11.0. The van der Waals surface area contributed by atoms with Gasteiger partial charge in [-0.3, -0.25) is 9.52 Å². The minimum absolute atomic E-state index is 0.246. The van der Waals surface area contributed by atoms with Crippen molar-refractivity contribution in [3.63, 3.8) is 0 Å². The van der Waals surface area contributed by atoms with E-state index in [0.717, 1.165) is 30.2 Å². The molecule has 0 aliphatic carbocycles. The largest absolute Gasteiger partial charge is 0.493 e. The number of sulfonamides is 1. The van der Waals surface area contributed by atoms with Crippen molar-refractivity contribution in [3.8, 4) is 11.5 Å². The summed E-state index contributed by atoms with van der Waals surface area (Å²) in [5, 5.41) is 2.86. The van der Waals surface area contributed by atoms with E-state index in [-0.39, 0.29) is 5.91 Å². The van der Waals surface area contributed by atoms with Crippen LogP contribution in [0.5, 0.6) is 11.5 Å². The molecule has 0 unspecified atom stereocenters. The molecule has 8 heteroatoms. The third kappa shape index (κ3) is 6.16. The van der Waals surface area contributed by atoms with Crippen LogP contribution in [0.1, 0.15) is 27.9 Å². The summed E-state index contributed by atoms with van der Waals surface area (Å²) < 4.78 is 35.8. The van der Waals surface area contributed by atoms with Crippen molar-refractivity contribution in [1.82, 2.24) is 5.32 Å². The van der Waals surface area contributed by atoms with E-state index in [0.29, 0.717) is 29.3 Å². The Hall–Kier alpha value is -2.74. The van der Waals surface area contributed by atoms with Crippen LogP contribution < -0.4 is 19.5 Å². The van der Waals surface area contributed by atoms with Gasteiger partial charge in [-0.15, -0.1) is 0 Å². The maximum atomic E-state index is 12.3. The minimum atomic E-state index is -3.41. The van der Waals surface area contributed by atoms with Crippen molar-refractivity contribution in [2.75, 3.05) is 31.7 Å². The smallest absolute Gasteiger partial charge is 0.251 e. The lowest BCUT2D eigenvalue weighted by atomic mass is 10.1. The molecule has 0 aliphatic heterocycles. The van der Waals surface area contributed by atoms with Crippen molar-refractivity contribution >= 4 is 21.6 Å². The molecule has 0 radical (unpaired) electrons. The second-order valence-electron chi connectivity index (χ2n) is 6.45. The number of hydrogen-bond acceptors (Lipinski definition) is 5. The number of anilines is 1. The van der Waals surface area contributed by atoms with Gasteiger partial charge in [0.05, 0.1) is 26.2 Å². The summed E-state index contributed by atoms with van der Waals surface area (Å²) in [6, 6.07) is 10.7. The van der Waals surface area contributed by atoms with Crippen molar-refractivity contribution < 1.29 is 22.7 Å². The summed E-state index contributed by atoms with van der Waals surface area (Å²) in [5.74, 6) is 1.11. The van der Waals surface area contributed by atoms with E-state index in [1.54, 1.807) is 39.3 Å². The van der Waals surface area contributed by atoms with Gasteiger partial charge < -0.3 is 14.8 Å². The fraction of sp³-hybridized carbons (Fsp3) is 0.350. The first-order valence-electron chi connectivity index (χ1n) is 8.81. The molecule has 2 N–H and O–H groups in total. The number of ether oxygens (including phenoxy) is 2. The Morgan fingerprint density at radius 1 is 1.04 bits per heavy atom. The molecule has 152 valence electrons. The van der Waals surface area contributed by atoms with Gasteiger partial charge in [0.1, 0.15) is 0 Å². The highest BCUT2D eigenvalue weighted by Gasteiger charge is 2.11. The topological polar surface area (TPSA) is 93.7 Å². The molecular weight excluding hydrogens is 380 g/mol. The number of benzene rings is 2. The van der Waals surface area contributed by atoms with Crippen LogP contribution in [0.2, 0.25) is 0 Å². The fourth-order valence-corrected chi connectivity index (χ4v) is 3.32. The minimum Gasteiger partial charge on any atom is -0.493 e. The Balaban J connectivity index is 1.92. The summed E-state index contributed by atoms with van der Waals surface area (Å²) in [7, 11) is -0.220. The van der Waals surface area contributed by atoms with Crippen LogP contribution in [-0.2, 0) is 16.4 Å². The molecule has 2 rings (SSSR count). The van der Waals surface area contributed by atoms with E-state index >= 15 is 0 Å². The van der Waals surface area contributed by atoms with Gasteiger partial charge in [-0.2, -0.15) is 0 Å². The van der Waals surface area contributed by atoms with E-state index in [1.807, 2.05) is 18.2 Å². The average Bonchev–Trinajstić information content (AvgIpc) is 2.65. The lowest BCUT2D eigenvalue weighted by molar-refractivity contribution is 0.0953. The number of aryl methyl sites for hydroxylation is 2. The van der Waals surface area contributed by atoms with E-state index in [1.165, 1.54) is 0 Å². The summed E-state index contributed by atoms with van der Waals surface area (Å²) >= 11 is 0. The van der Waals surface area contributed by atoms with E-state index in [2.05, 4.69) is 10.0 Å². The molecule has 0 saturated heterocycles. The summed E-state index contributed by atoms with van der Waals surface area (Å²) in [4.78, 5) is 12.3. The Labute approximate surface area is 166 Å². The van der Waals surface area contributed by atoms with Crippen LogP contribution in [0.4, 0.5) is 5.69 Å². The van der Waals surface area contributed by atoms with Gasteiger partial charge in [-0.25, -0.2) is 8.42 Å². The van der Waals surface area contributed by atoms with E-state index in [9.17, 15) is 13.2 Å². The number of rotatable bonds is 9. The Bertz CT molecular complexity index is 942. The van der Waals surface area contributed by atoms with Crippen molar-refractivity contribution in [1.29, 1.82) is 0 Å². The molecule has 2 aromatic rings. The predicted octanol–water partition coefficient (Wildman–Crippen LogP) is 2.75. The highest BCUT2D eigenvalue weighted by atomic mass is 32.2. The van der Waals surface area contributed by atoms with Gasteiger partial charge >= 0.3 is 0 Å². The second-order valence-corrected chi connectivity index (χ2v) is 8.20. The molecule has 7 nitrogen and oxygen atoms in total. The molecule has 0 heterocycles. The van der Waals surface area contributed by atoms with Crippen LogP contribution >= 0.6 is 0 Å². The highest BCUT2D eigenvalue weighted by Crippen LogP contribution is 2.27. The molecule has 0 bridgehead atoms. The van der Waals surface area contributed by atoms with Gasteiger partial charge in [-0.05, 0) is 55.2 Å². The lowest BCUT2D eigenvalue weighted by Gasteiger charge is -2.11. The van der Waals surface area contributed by atoms with Gasteiger partial charge in [0, 0.05) is 12.1 Å². The van der Waals surface area contributed by atoms with Gasteiger partial charge in [0.25, 0.3) is 5.91 Å². The molecule has 0 saturated carbocycles. The van der Waals surface area contributed by atoms with Gasteiger partial charge in [-0.1, -0.05) is 12.1 Å². The first-order chi connectivity index (χ1) is 13.2. The number of amides is 1. The summed E-state index contributed by atoms with van der Waals surface area (Å²) in [6.07, 6.45) is 2.60. The molecule has 0 atom stereocenters. The molecule has 0 aromatic heterocycles. The van der Waals surface area contributed by atoms with Gasteiger partial charge in [0.2, 0.25) is 10.0 Å². The highest BCUT2D eigenvalue weighted by molar-refractivity contribution is 7.92. The van der Waals surface area contributed by atoms with E-state index < -0.39 is 10.0 Å². The quantitative estimate of drug-likeness (QED) is 0.625. The van der Waals surface area contributed by atoms with Crippen LogP contribution in [0.3, 0.4) is 0 Å². The zero-order chi connectivity index (χ0) is 20.7. The molecule has 2 aromatic carbocycles. The third-order valence-electron chi connectivity index (χ3n) is 4.17. The van der Waals surface area contributed by atoms with Crippen LogP contribution in [0.15, 0.2) is 36.4 Å². The monoisotopic (exact) mass is 406 g/mol. The summed E-state index contributed by atoms with van der Waals surface area (Å²) in [6.45, 7) is 2.27. The SMILES string of the molecule is COc1ccc(CCCNC(=O)c2ccc(C)c(NS(C)(=O)=O)c2)cc1OC. The average molecular weight is 407 g/mol. The molecule has 0 spiro atoms. The molecule has 0 fully saturated rings. The first kappa shape index (κ1) is 21.6. The number of methoxy groups -OCH3 is 2. The molecular formula is C20H26N2O5S. The standard InChI is InChI=1S/C20H26N2O5S/c1-14-7-9-16(13-17(14)22-28(4,24)25)20(23)21-11-5-6-15-8-10-18(26-2)19(12-15)27-3/h7-10,12-13,22H,5-6,11H2,1-4H3,(H,21,23). The Kier molecular flexibility index (Phi) is 7.28. The first-order valence-corrected chi connectivity index (χ1v) is 10.7. The third-order valence-corrected chi connectivity index (χ3v) is 4.76. The van der Waals surface area contributed by atoms with E-state index in [4.69, 9.17) is 9.47 Å². The fourth-order valence-electron chi connectivity index (χ4n) is 2.71. The molecule has 28 heavy (non-hydrogen) atoms. The maximum absolute atomic E-state index is 12.3. The Morgan fingerprint density at radius 2 is 1.75 bits per heavy atom. The zero-order valence-electron chi connectivity index (χ0n) is 16.5. The van der Waals surface area contributed by atoms with Crippen LogP contribution in [-0.4, -0.2) is 41.3 Å². The zero-order valence-corrected chi connectivity index (χ0v) is 17.4. The van der Waals surface area contributed by atoms with Crippen LogP contribution in [0.25, 0.3) is 0 Å². The summed E-state index contributed by atoms with van der Waals surface area (Å²) in [5.41, 5.74) is 2.64. The maximum Gasteiger partial charge on any atom is 0.251 e.